The highest BCUT2D eigenvalue weighted by atomic mass is 79.9. The molecule has 0 bridgehead atoms. The molecule has 0 saturated carbocycles. The zero-order valence-corrected chi connectivity index (χ0v) is 22.9. The molecule has 0 unspecified atom stereocenters. The average molecular weight is 615 g/mol. The van der Waals surface area contributed by atoms with E-state index in [-0.39, 0.29) is 17.7 Å². The Hall–Kier alpha value is -2.13. The lowest BCUT2D eigenvalue weighted by Crippen LogP contribution is -2.37. The van der Waals surface area contributed by atoms with E-state index in [1.54, 1.807) is 18.2 Å². The van der Waals surface area contributed by atoms with Crippen LogP contribution in [0, 0.1) is 5.82 Å². The van der Waals surface area contributed by atoms with E-state index in [0.29, 0.717) is 22.9 Å². The van der Waals surface area contributed by atoms with Gasteiger partial charge in [0, 0.05) is 20.9 Å². The van der Waals surface area contributed by atoms with Gasteiger partial charge in [-0.3, -0.25) is 0 Å². The number of ether oxygens (including phenoxy) is 1. The van der Waals surface area contributed by atoms with Gasteiger partial charge in [-0.25, -0.2) is 17.6 Å². The highest BCUT2D eigenvalue weighted by molar-refractivity contribution is 9.10. The van der Waals surface area contributed by atoms with Crippen molar-refractivity contribution >= 4 is 55.1 Å². The van der Waals surface area contributed by atoms with Gasteiger partial charge in [-0.05, 0) is 78.9 Å². The maximum atomic E-state index is 13.6. The molecular formula is C26H23BrCl2FNO4S. The van der Waals surface area contributed by atoms with Crippen molar-refractivity contribution in [2.45, 2.75) is 48.0 Å². The summed E-state index contributed by atoms with van der Waals surface area (Å²) in [6, 6.07) is 17.1. The average Bonchev–Trinajstić information content (AvgIpc) is 3.16. The van der Waals surface area contributed by atoms with Crippen molar-refractivity contribution in [3.63, 3.8) is 0 Å². The first-order valence-electron chi connectivity index (χ1n) is 11.3. The molecular weight excluding hydrogens is 592 g/mol. The number of alkyl carbamates (subject to hydrolysis) is 1. The van der Waals surface area contributed by atoms with Crippen LogP contribution in [0.4, 0.5) is 9.18 Å². The smallest absolute Gasteiger partial charge is 0.407 e. The molecule has 1 amide bonds. The van der Waals surface area contributed by atoms with E-state index >= 15 is 0 Å². The number of hydrogen-bond acceptors (Lipinski definition) is 4. The number of amides is 1. The van der Waals surface area contributed by atoms with Crippen molar-refractivity contribution in [1.29, 1.82) is 0 Å². The number of hydrogen-bond donors (Lipinski definition) is 1. The van der Waals surface area contributed by atoms with Crippen molar-refractivity contribution in [3.8, 4) is 0 Å². The number of cyclic esters (lactones) is 1. The molecule has 1 heterocycles. The van der Waals surface area contributed by atoms with Gasteiger partial charge in [0.1, 0.15) is 11.9 Å². The molecule has 0 radical (unpaired) electrons. The number of nitrogens with one attached hydrogen (secondary N) is 1. The van der Waals surface area contributed by atoms with E-state index in [1.807, 2.05) is 24.3 Å². The number of rotatable bonds is 9. The molecule has 4 rings (SSSR count). The molecule has 3 atom stereocenters. The standard InChI is InChI=1S/C26H23BrCl2FNO4S/c27-18-3-1-2-16(12-18)13-24-25(35-26(32)31-24)15-22(9-5-17-4-6-19(28)14-23(17)29)36(33,34)21-10-7-20(30)8-11-21/h1-4,6-8,10-12,14,22,24-25H,5,9,13,15H2,(H,31,32)/t22-,24-,25+/m1/s1. The topological polar surface area (TPSA) is 72.5 Å². The lowest BCUT2D eigenvalue weighted by Gasteiger charge is -2.24. The summed E-state index contributed by atoms with van der Waals surface area (Å²) in [4.78, 5) is 12.2. The maximum absolute atomic E-state index is 13.6. The lowest BCUT2D eigenvalue weighted by atomic mass is 9.97. The largest absolute Gasteiger partial charge is 0.444 e. The summed E-state index contributed by atoms with van der Waals surface area (Å²) >= 11 is 15.8. The molecule has 0 spiro atoms. The van der Waals surface area contributed by atoms with Crippen molar-refractivity contribution < 1.29 is 22.3 Å². The Morgan fingerprint density at radius 1 is 1.06 bits per heavy atom. The molecule has 5 nitrogen and oxygen atoms in total. The summed E-state index contributed by atoms with van der Waals surface area (Å²) in [6.45, 7) is 0. The number of carbonyl (C=O) groups is 1. The first kappa shape index (κ1) is 26.9. The van der Waals surface area contributed by atoms with E-state index in [9.17, 15) is 17.6 Å². The number of aryl methyl sites for hydroxylation is 1. The van der Waals surface area contributed by atoms with E-state index in [2.05, 4.69) is 21.2 Å². The van der Waals surface area contributed by atoms with Gasteiger partial charge in [0.2, 0.25) is 0 Å². The van der Waals surface area contributed by atoms with Crippen LogP contribution < -0.4 is 5.32 Å². The Balaban J connectivity index is 1.60. The monoisotopic (exact) mass is 613 g/mol. The van der Waals surface area contributed by atoms with E-state index in [0.717, 1.165) is 27.7 Å². The van der Waals surface area contributed by atoms with Crippen LogP contribution in [-0.2, 0) is 27.4 Å². The van der Waals surface area contributed by atoms with Crippen molar-refractivity contribution in [2.24, 2.45) is 0 Å². The van der Waals surface area contributed by atoms with Crippen LogP contribution in [0.15, 0.2) is 76.1 Å². The zero-order valence-electron chi connectivity index (χ0n) is 19.0. The van der Waals surface area contributed by atoms with Crippen LogP contribution >= 0.6 is 39.1 Å². The van der Waals surface area contributed by atoms with Gasteiger partial charge in [0.15, 0.2) is 9.84 Å². The fraction of sp³-hybridized carbons (Fsp3) is 0.269. The van der Waals surface area contributed by atoms with Crippen LogP contribution in [0.5, 0.6) is 0 Å². The third-order valence-corrected chi connectivity index (χ3v) is 9.50. The molecule has 1 aliphatic rings. The first-order valence-corrected chi connectivity index (χ1v) is 14.4. The van der Waals surface area contributed by atoms with Crippen LogP contribution in [0.3, 0.4) is 0 Å². The first-order chi connectivity index (χ1) is 17.1. The third-order valence-electron chi connectivity index (χ3n) is 6.18. The highest BCUT2D eigenvalue weighted by Crippen LogP contribution is 2.30. The summed E-state index contributed by atoms with van der Waals surface area (Å²) in [6.07, 6.45) is -0.120. The van der Waals surface area contributed by atoms with Crippen LogP contribution in [0.1, 0.15) is 24.0 Å². The molecule has 36 heavy (non-hydrogen) atoms. The molecule has 1 fully saturated rings. The normalized spacial score (nSPS) is 18.5. The quantitative estimate of drug-likeness (QED) is 0.270. The molecule has 3 aromatic carbocycles. The van der Waals surface area contributed by atoms with Gasteiger partial charge in [-0.2, -0.15) is 0 Å². The van der Waals surface area contributed by atoms with E-state index in [1.165, 1.54) is 12.1 Å². The van der Waals surface area contributed by atoms with Crippen molar-refractivity contribution in [3.05, 3.63) is 98.2 Å². The fourth-order valence-electron chi connectivity index (χ4n) is 4.33. The van der Waals surface area contributed by atoms with Gasteiger partial charge >= 0.3 is 6.09 Å². The molecule has 1 N–H and O–H groups in total. The summed E-state index contributed by atoms with van der Waals surface area (Å²) in [7, 11) is -3.88. The Labute approximate surface area is 228 Å². The molecule has 1 saturated heterocycles. The molecule has 10 heteroatoms. The molecule has 3 aromatic rings. The number of carbonyl (C=O) groups excluding carboxylic acids is 1. The zero-order chi connectivity index (χ0) is 25.9. The van der Waals surface area contributed by atoms with Gasteiger partial charge in [-0.1, -0.05) is 57.3 Å². The summed E-state index contributed by atoms with van der Waals surface area (Å²) < 4.78 is 47.2. The van der Waals surface area contributed by atoms with E-state index in [4.69, 9.17) is 27.9 Å². The number of sulfone groups is 1. The van der Waals surface area contributed by atoms with Crippen molar-refractivity contribution in [2.75, 3.05) is 0 Å². The molecule has 190 valence electrons. The minimum atomic E-state index is -3.88. The second-order valence-corrected chi connectivity index (χ2v) is 12.6. The Bertz CT molecular complexity index is 1350. The summed E-state index contributed by atoms with van der Waals surface area (Å²) in [5.41, 5.74) is 1.73. The Morgan fingerprint density at radius 3 is 2.50 bits per heavy atom. The number of halogens is 4. The highest BCUT2D eigenvalue weighted by Gasteiger charge is 2.39. The summed E-state index contributed by atoms with van der Waals surface area (Å²) in [5, 5.41) is 2.83. The van der Waals surface area contributed by atoms with Crippen LogP contribution in [0.25, 0.3) is 0 Å². The van der Waals surface area contributed by atoms with E-state index < -0.39 is 39.1 Å². The Kier molecular flexibility index (Phi) is 8.60. The van der Waals surface area contributed by atoms with Gasteiger partial charge < -0.3 is 10.1 Å². The summed E-state index contributed by atoms with van der Waals surface area (Å²) in [5.74, 6) is -0.526. The minimum absolute atomic E-state index is 0.0110. The maximum Gasteiger partial charge on any atom is 0.407 e. The second kappa shape index (κ2) is 11.5. The molecule has 0 aliphatic carbocycles. The molecule has 1 aliphatic heterocycles. The van der Waals surface area contributed by atoms with Crippen molar-refractivity contribution in [1.82, 2.24) is 5.32 Å². The lowest BCUT2D eigenvalue weighted by molar-refractivity contribution is 0.124. The fourth-order valence-corrected chi connectivity index (χ4v) is 7.05. The van der Waals surface area contributed by atoms with Gasteiger partial charge in [0.25, 0.3) is 0 Å². The second-order valence-electron chi connectivity index (χ2n) is 8.66. The minimum Gasteiger partial charge on any atom is -0.444 e. The van der Waals surface area contributed by atoms with Gasteiger partial charge in [-0.15, -0.1) is 0 Å². The van der Waals surface area contributed by atoms with Crippen LogP contribution in [0.2, 0.25) is 10.0 Å². The predicted octanol–water partition coefficient (Wildman–Crippen LogP) is 6.78. The third kappa shape index (κ3) is 6.59. The van der Waals surface area contributed by atoms with Gasteiger partial charge in [0.05, 0.1) is 16.2 Å². The SMILES string of the molecule is O=C1N[C@H](Cc2cccc(Br)c2)[C@H](C[C@@H](CCc2ccc(Cl)cc2Cl)S(=O)(=O)c2ccc(F)cc2)O1. The number of benzene rings is 3. The van der Waals surface area contributed by atoms with Crippen LogP contribution in [-0.4, -0.2) is 31.9 Å². The Morgan fingerprint density at radius 2 is 1.81 bits per heavy atom. The predicted molar refractivity (Wildman–Crippen MR) is 142 cm³/mol. The molecule has 0 aromatic heterocycles.